The monoisotopic (exact) mass is 402 g/mol. The second-order valence-corrected chi connectivity index (χ2v) is 11.0. The van der Waals surface area contributed by atoms with E-state index >= 15 is 0 Å². The fourth-order valence-electron chi connectivity index (χ4n) is 2.18. The zero-order chi connectivity index (χ0) is 18.8. The van der Waals surface area contributed by atoms with Crippen LogP contribution in [0.1, 0.15) is 25.3 Å². The molecule has 0 saturated heterocycles. The Labute approximate surface area is 153 Å². The first-order valence-corrected chi connectivity index (χ1v) is 12.0. The number of unbranched alkanes of at least 4 members (excludes halogenated alkanes) is 1. The molecule has 0 atom stereocenters. The molecule has 0 N–H and O–H groups in total. The number of sulfone groups is 2. The summed E-state index contributed by atoms with van der Waals surface area (Å²) < 4.78 is 49.6. The zero-order valence-electron chi connectivity index (χ0n) is 14.7. The van der Waals surface area contributed by atoms with Gasteiger partial charge in [-0.25, -0.2) is 21.8 Å². The van der Waals surface area contributed by atoms with E-state index in [0.717, 1.165) is 36.0 Å². The van der Waals surface area contributed by atoms with Gasteiger partial charge in [0.25, 0.3) is 0 Å². The predicted octanol–water partition coefficient (Wildman–Crippen LogP) is 2.92. The van der Waals surface area contributed by atoms with E-state index in [4.69, 9.17) is 0 Å². The van der Waals surface area contributed by atoms with Crippen LogP contribution in [0.15, 0.2) is 38.5 Å². The topological polar surface area (TPSA) is 84.4 Å². The van der Waals surface area contributed by atoms with Gasteiger partial charge in [-0.05, 0) is 25.5 Å². The molecule has 6 nitrogen and oxygen atoms in total. The van der Waals surface area contributed by atoms with E-state index in [1.807, 2.05) is 13.8 Å². The SMILES string of the molecule is CCCCN(C)c1sc(S(C)(=O)=O)nc1S(=O)(=O)c1ccc(C)cc1. The Bertz CT molecular complexity index is 946. The number of nitrogens with zero attached hydrogens (tertiary/aromatic N) is 2. The van der Waals surface area contributed by atoms with Gasteiger partial charge in [0.15, 0.2) is 5.03 Å². The minimum atomic E-state index is -3.90. The van der Waals surface area contributed by atoms with Crippen LogP contribution in [0.3, 0.4) is 0 Å². The summed E-state index contributed by atoms with van der Waals surface area (Å²) in [5.41, 5.74) is 0.939. The lowest BCUT2D eigenvalue weighted by Gasteiger charge is -2.17. The molecule has 0 amide bonds. The fraction of sp³-hybridized carbons (Fsp3) is 0.438. The van der Waals surface area contributed by atoms with Crippen LogP contribution in [-0.4, -0.2) is 41.7 Å². The number of aromatic nitrogens is 1. The van der Waals surface area contributed by atoms with Gasteiger partial charge in [-0.15, -0.1) is 0 Å². The number of benzene rings is 1. The second kappa shape index (κ2) is 7.43. The van der Waals surface area contributed by atoms with Gasteiger partial charge >= 0.3 is 0 Å². The molecule has 0 spiro atoms. The third kappa shape index (κ3) is 4.39. The van der Waals surface area contributed by atoms with Gasteiger partial charge < -0.3 is 4.90 Å². The molecular formula is C16H22N2O4S3. The molecule has 0 unspecified atom stereocenters. The van der Waals surface area contributed by atoms with Crippen molar-refractivity contribution < 1.29 is 16.8 Å². The summed E-state index contributed by atoms with van der Waals surface area (Å²) in [7, 11) is -5.74. The van der Waals surface area contributed by atoms with E-state index < -0.39 is 19.7 Å². The molecule has 2 rings (SSSR count). The predicted molar refractivity (Wildman–Crippen MR) is 100 cm³/mol. The molecule has 9 heteroatoms. The maximum Gasteiger partial charge on any atom is 0.226 e. The van der Waals surface area contributed by atoms with Gasteiger partial charge in [-0.1, -0.05) is 42.4 Å². The molecule has 0 bridgehead atoms. The Morgan fingerprint density at radius 3 is 2.24 bits per heavy atom. The molecule has 1 aromatic carbocycles. The van der Waals surface area contributed by atoms with E-state index in [2.05, 4.69) is 4.98 Å². The number of hydrogen-bond acceptors (Lipinski definition) is 7. The van der Waals surface area contributed by atoms with Crippen LogP contribution in [0.25, 0.3) is 0 Å². The van der Waals surface area contributed by atoms with Gasteiger partial charge in [-0.3, -0.25) is 0 Å². The lowest BCUT2D eigenvalue weighted by molar-refractivity contribution is 0.590. The highest BCUT2D eigenvalue weighted by atomic mass is 32.2. The standard InChI is InChI=1S/C16H22N2O4S3/c1-5-6-11-18(3)15-14(17-16(23-15)24(4,19)20)25(21,22)13-9-7-12(2)8-10-13/h7-10H,5-6,11H2,1-4H3. The molecule has 1 aromatic heterocycles. The minimum Gasteiger partial charge on any atom is -0.364 e. The average Bonchev–Trinajstić information content (AvgIpc) is 2.99. The minimum absolute atomic E-state index is 0.105. The highest BCUT2D eigenvalue weighted by molar-refractivity contribution is 7.93. The van der Waals surface area contributed by atoms with E-state index in [1.165, 1.54) is 12.1 Å². The molecule has 0 radical (unpaired) electrons. The molecule has 1 heterocycles. The zero-order valence-corrected chi connectivity index (χ0v) is 17.1. The third-order valence-corrected chi connectivity index (χ3v) is 8.32. The third-order valence-electron chi connectivity index (χ3n) is 3.66. The molecule has 0 saturated carbocycles. The summed E-state index contributed by atoms with van der Waals surface area (Å²) in [5, 5.41) is 0.162. The van der Waals surface area contributed by atoms with Crippen LogP contribution in [-0.2, 0) is 19.7 Å². The summed E-state index contributed by atoms with van der Waals surface area (Å²) in [5.74, 6) is 0. The first-order chi connectivity index (χ1) is 11.6. The normalized spacial score (nSPS) is 12.3. The Kier molecular flexibility index (Phi) is 5.90. The molecule has 0 aliphatic heterocycles. The van der Waals surface area contributed by atoms with Crippen LogP contribution in [0.2, 0.25) is 0 Å². The smallest absolute Gasteiger partial charge is 0.226 e. The van der Waals surface area contributed by atoms with Crippen LogP contribution in [0.5, 0.6) is 0 Å². The Hall–Kier alpha value is -1.45. The molecule has 138 valence electrons. The summed E-state index contributed by atoms with van der Waals surface area (Å²) in [4.78, 5) is 5.85. The van der Waals surface area contributed by atoms with Crippen molar-refractivity contribution >= 4 is 36.0 Å². The van der Waals surface area contributed by atoms with Crippen LogP contribution < -0.4 is 4.90 Å². The van der Waals surface area contributed by atoms with Gasteiger partial charge in [0, 0.05) is 19.8 Å². The van der Waals surface area contributed by atoms with Crippen molar-refractivity contribution in [1.29, 1.82) is 0 Å². The Morgan fingerprint density at radius 2 is 1.72 bits per heavy atom. The first-order valence-electron chi connectivity index (χ1n) is 7.81. The van der Waals surface area contributed by atoms with Crippen molar-refractivity contribution in [3.8, 4) is 0 Å². The van der Waals surface area contributed by atoms with Crippen LogP contribution >= 0.6 is 11.3 Å². The average molecular weight is 403 g/mol. The molecule has 0 fully saturated rings. The van der Waals surface area contributed by atoms with Crippen molar-refractivity contribution in [2.24, 2.45) is 0 Å². The van der Waals surface area contributed by atoms with Crippen molar-refractivity contribution in [3.05, 3.63) is 29.8 Å². The molecule has 25 heavy (non-hydrogen) atoms. The highest BCUT2D eigenvalue weighted by Gasteiger charge is 2.30. The number of aryl methyl sites for hydroxylation is 1. The lowest BCUT2D eigenvalue weighted by Crippen LogP contribution is -2.19. The van der Waals surface area contributed by atoms with Crippen LogP contribution in [0, 0.1) is 6.92 Å². The van der Waals surface area contributed by atoms with Gasteiger partial charge in [0.05, 0.1) is 4.90 Å². The highest BCUT2D eigenvalue weighted by Crippen LogP contribution is 2.36. The van der Waals surface area contributed by atoms with E-state index in [1.54, 1.807) is 24.1 Å². The second-order valence-electron chi connectivity index (χ2n) is 5.95. The van der Waals surface area contributed by atoms with Crippen molar-refractivity contribution in [2.45, 2.75) is 41.0 Å². The maximum absolute atomic E-state index is 13.0. The summed E-state index contributed by atoms with van der Waals surface area (Å²) in [6, 6.07) is 6.44. The van der Waals surface area contributed by atoms with E-state index in [-0.39, 0.29) is 14.3 Å². The summed E-state index contributed by atoms with van der Waals surface area (Å²) >= 11 is 0.897. The van der Waals surface area contributed by atoms with Crippen LogP contribution in [0.4, 0.5) is 5.00 Å². The van der Waals surface area contributed by atoms with Crippen molar-refractivity contribution in [3.63, 3.8) is 0 Å². The Balaban J connectivity index is 2.61. The van der Waals surface area contributed by atoms with Gasteiger partial charge in [-0.2, -0.15) is 0 Å². The maximum atomic E-state index is 13.0. The summed E-state index contributed by atoms with van der Waals surface area (Å²) in [6.07, 6.45) is 2.85. The van der Waals surface area contributed by atoms with Crippen molar-refractivity contribution in [1.82, 2.24) is 4.98 Å². The number of anilines is 1. The lowest BCUT2D eigenvalue weighted by atomic mass is 10.2. The molecule has 0 aliphatic rings. The van der Waals surface area contributed by atoms with Crippen molar-refractivity contribution in [2.75, 3.05) is 24.7 Å². The number of rotatable bonds is 7. The molecular weight excluding hydrogens is 380 g/mol. The summed E-state index contributed by atoms with van der Waals surface area (Å²) in [6.45, 7) is 4.52. The quantitative estimate of drug-likeness (QED) is 0.708. The van der Waals surface area contributed by atoms with Gasteiger partial charge in [0.1, 0.15) is 5.00 Å². The Morgan fingerprint density at radius 1 is 1.12 bits per heavy atom. The number of hydrogen-bond donors (Lipinski definition) is 0. The molecule has 0 aliphatic carbocycles. The van der Waals surface area contributed by atoms with E-state index in [9.17, 15) is 16.8 Å². The molecule has 2 aromatic rings. The fourth-order valence-corrected chi connectivity index (χ4v) is 5.85. The first kappa shape index (κ1) is 19.9. The van der Waals surface area contributed by atoms with E-state index in [0.29, 0.717) is 11.5 Å². The number of thiazole rings is 1. The largest absolute Gasteiger partial charge is 0.364 e. The van der Waals surface area contributed by atoms with Gasteiger partial charge in [0.2, 0.25) is 24.0 Å².